The topological polar surface area (TPSA) is 77.8 Å². The maximum atomic E-state index is 5.41. The van der Waals surface area contributed by atoms with Crippen molar-refractivity contribution in [2.75, 3.05) is 41.0 Å². The van der Waals surface area contributed by atoms with Gasteiger partial charge in [0.05, 0.1) is 6.17 Å². The van der Waals surface area contributed by atoms with Crippen LogP contribution in [0.4, 0.5) is 0 Å². The van der Waals surface area contributed by atoms with Crippen molar-refractivity contribution in [3.63, 3.8) is 0 Å². The molecule has 6 nitrogen and oxygen atoms in total. The molecule has 0 saturated carbocycles. The largest absolute Gasteiger partial charge is 0.500 e. The molecule has 0 aromatic rings. The molecule has 4 N–H and O–H groups in total. The van der Waals surface area contributed by atoms with E-state index < -0.39 is 8.80 Å². The fourth-order valence-corrected chi connectivity index (χ4v) is 3.27. The van der Waals surface area contributed by atoms with Crippen molar-refractivity contribution in [2.24, 2.45) is 5.73 Å². The summed E-state index contributed by atoms with van der Waals surface area (Å²) in [5.41, 5.74) is 5.41. The van der Waals surface area contributed by atoms with E-state index in [1.54, 1.807) is 21.3 Å². The summed E-state index contributed by atoms with van der Waals surface area (Å²) in [6, 6.07) is 0.813. The van der Waals surface area contributed by atoms with Gasteiger partial charge in [0.2, 0.25) is 0 Å². The van der Waals surface area contributed by atoms with Gasteiger partial charge in [0.1, 0.15) is 0 Å². The van der Waals surface area contributed by atoms with Gasteiger partial charge in [0.25, 0.3) is 0 Å². The van der Waals surface area contributed by atoms with Crippen LogP contribution >= 0.6 is 0 Å². The maximum Gasteiger partial charge on any atom is 0.500 e. The monoisotopic (exact) mass is 265 g/mol. The minimum atomic E-state index is -2.40. The normalized spacial score (nSPS) is 13.9. The lowest BCUT2D eigenvalue weighted by Gasteiger charge is -2.24. The molecule has 0 heterocycles. The SMILES string of the molecule is CO[Si](CCCNC(C)NCCN)(OC)OC. The van der Waals surface area contributed by atoms with Crippen LogP contribution in [0, 0.1) is 0 Å². The fraction of sp³-hybridized carbons (Fsp3) is 1.00. The lowest BCUT2D eigenvalue weighted by molar-refractivity contribution is 0.123. The minimum Gasteiger partial charge on any atom is -0.377 e. The van der Waals surface area contributed by atoms with E-state index in [0.29, 0.717) is 6.54 Å². The average Bonchev–Trinajstić information content (AvgIpc) is 2.37. The number of nitrogens with two attached hydrogens (primary N) is 1. The highest BCUT2D eigenvalue weighted by Gasteiger charge is 2.36. The van der Waals surface area contributed by atoms with E-state index in [-0.39, 0.29) is 6.17 Å². The van der Waals surface area contributed by atoms with E-state index in [2.05, 4.69) is 17.6 Å². The summed E-state index contributed by atoms with van der Waals surface area (Å²) in [4.78, 5) is 0. The molecule has 0 aliphatic carbocycles. The highest BCUT2D eigenvalue weighted by molar-refractivity contribution is 6.60. The zero-order chi connectivity index (χ0) is 13.1. The van der Waals surface area contributed by atoms with Crippen LogP contribution in [-0.4, -0.2) is 55.9 Å². The van der Waals surface area contributed by atoms with E-state index in [4.69, 9.17) is 19.0 Å². The van der Waals surface area contributed by atoms with Crippen molar-refractivity contribution in [1.82, 2.24) is 10.6 Å². The molecule has 0 aromatic carbocycles. The first kappa shape index (κ1) is 17.0. The molecular formula is C10H27N3O3Si. The second-order valence-electron chi connectivity index (χ2n) is 3.82. The summed E-state index contributed by atoms with van der Waals surface area (Å²) in [7, 11) is 2.52. The first-order valence-electron chi connectivity index (χ1n) is 5.96. The Bertz CT molecular complexity index is 174. The van der Waals surface area contributed by atoms with Crippen molar-refractivity contribution < 1.29 is 13.3 Å². The summed E-state index contributed by atoms with van der Waals surface area (Å²) in [5.74, 6) is 0. The van der Waals surface area contributed by atoms with Crippen molar-refractivity contribution >= 4 is 8.80 Å². The second kappa shape index (κ2) is 9.95. The molecule has 0 amide bonds. The lowest BCUT2D eigenvalue weighted by Crippen LogP contribution is -2.45. The van der Waals surface area contributed by atoms with Crippen molar-refractivity contribution in [3.8, 4) is 0 Å². The maximum absolute atomic E-state index is 5.41. The van der Waals surface area contributed by atoms with Crippen LogP contribution < -0.4 is 16.4 Å². The molecule has 17 heavy (non-hydrogen) atoms. The zero-order valence-corrected chi connectivity index (χ0v) is 12.4. The van der Waals surface area contributed by atoms with E-state index in [1.165, 1.54) is 0 Å². The predicted molar refractivity (Wildman–Crippen MR) is 70.7 cm³/mol. The fourth-order valence-electron chi connectivity index (χ4n) is 1.55. The number of hydrogen-bond acceptors (Lipinski definition) is 6. The summed E-state index contributed by atoms with van der Waals surface area (Å²) in [6.07, 6.45) is 1.22. The molecule has 0 spiro atoms. The van der Waals surface area contributed by atoms with Gasteiger partial charge in [-0.1, -0.05) is 0 Å². The third-order valence-corrected chi connectivity index (χ3v) is 5.47. The second-order valence-corrected chi connectivity index (χ2v) is 6.91. The van der Waals surface area contributed by atoms with Crippen molar-refractivity contribution in [2.45, 2.75) is 25.6 Å². The summed E-state index contributed by atoms with van der Waals surface area (Å²) < 4.78 is 16.0. The third kappa shape index (κ3) is 7.09. The van der Waals surface area contributed by atoms with Gasteiger partial charge < -0.3 is 29.6 Å². The van der Waals surface area contributed by atoms with Gasteiger partial charge in [-0.05, 0) is 19.9 Å². The highest BCUT2D eigenvalue weighted by atomic mass is 28.4. The Hall–Kier alpha value is -0.0231. The molecule has 0 rings (SSSR count). The Morgan fingerprint density at radius 2 is 1.59 bits per heavy atom. The van der Waals surface area contributed by atoms with E-state index in [9.17, 15) is 0 Å². The quantitative estimate of drug-likeness (QED) is 0.271. The lowest BCUT2D eigenvalue weighted by atomic mass is 10.4. The summed E-state index contributed by atoms with van der Waals surface area (Å²) in [5, 5.41) is 6.60. The number of nitrogens with one attached hydrogen (secondary N) is 2. The molecule has 1 unspecified atom stereocenters. The van der Waals surface area contributed by atoms with E-state index in [0.717, 1.165) is 25.6 Å². The molecule has 7 heteroatoms. The molecule has 0 aromatic heterocycles. The van der Waals surface area contributed by atoms with Gasteiger partial charge in [-0.3, -0.25) is 0 Å². The van der Waals surface area contributed by atoms with Gasteiger partial charge in [-0.15, -0.1) is 0 Å². The molecule has 1 atom stereocenters. The van der Waals surface area contributed by atoms with Gasteiger partial charge in [-0.25, -0.2) is 0 Å². The Labute approximate surface area is 106 Å². The minimum absolute atomic E-state index is 0.266. The molecule has 0 aliphatic rings. The van der Waals surface area contributed by atoms with Crippen LogP contribution in [0.2, 0.25) is 6.04 Å². The molecule has 0 radical (unpaired) electrons. The molecule has 0 bridgehead atoms. The van der Waals surface area contributed by atoms with Gasteiger partial charge in [-0.2, -0.15) is 0 Å². The highest BCUT2D eigenvalue weighted by Crippen LogP contribution is 2.14. The van der Waals surface area contributed by atoms with E-state index in [1.807, 2.05) is 0 Å². The Morgan fingerprint density at radius 1 is 1.06 bits per heavy atom. The van der Waals surface area contributed by atoms with Gasteiger partial charge in [0, 0.05) is 40.5 Å². The average molecular weight is 265 g/mol. The summed E-state index contributed by atoms with van der Waals surface area (Å²) >= 11 is 0. The molecule has 104 valence electrons. The van der Waals surface area contributed by atoms with E-state index >= 15 is 0 Å². The van der Waals surface area contributed by atoms with Crippen molar-refractivity contribution in [3.05, 3.63) is 0 Å². The number of hydrogen-bond donors (Lipinski definition) is 3. The number of rotatable bonds is 11. The van der Waals surface area contributed by atoms with Crippen molar-refractivity contribution in [1.29, 1.82) is 0 Å². The molecule has 0 fully saturated rings. The van der Waals surface area contributed by atoms with Crippen LogP contribution in [0.25, 0.3) is 0 Å². The first-order valence-corrected chi connectivity index (χ1v) is 7.89. The van der Waals surface area contributed by atoms with Gasteiger partial charge >= 0.3 is 8.80 Å². The Kier molecular flexibility index (Phi) is 9.94. The zero-order valence-electron chi connectivity index (χ0n) is 11.4. The Morgan fingerprint density at radius 3 is 2.06 bits per heavy atom. The third-order valence-electron chi connectivity index (χ3n) is 2.64. The van der Waals surface area contributed by atoms with Crippen LogP contribution in [0.1, 0.15) is 13.3 Å². The first-order chi connectivity index (χ1) is 8.14. The van der Waals surface area contributed by atoms with Crippen LogP contribution in [0.3, 0.4) is 0 Å². The standard InChI is InChI=1S/C10H27N3O3Si/c1-10(13-8-6-11)12-7-5-9-17(14-2,15-3)16-4/h10,12-13H,5-9,11H2,1-4H3. The Balaban J connectivity index is 3.68. The molecule has 0 aliphatic heterocycles. The predicted octanol–water partition coefficient (Wildman–Crippen LogP) is -0.261. The van der Waals surface area contributed by atoms with Crippen LogP contribution in [0.5, 0.6) is 0 Å². The summed E-state index contributed by atoms with van der Waals surface area (Å²) in [6.45, 7) is 4.44. The molecular weight excluding hydrogens is 238 g/mol. The van der Waals surface area contributed by atoms with Crippen LogP contribution in [-0.2, 0) is 13.3 Å². The molecule has 0 saturated heterocycles. The van der Waals surface area contributed by atoms with Gasteiger partial charge in [0.15, 0.2) is 0 Å². The van der Waals surface area contributed by atoms with Crippen LogP contribution in [0.15, 0.2) is 0 Å². The smallest absolute Gasteiger partial charge is 0.377 e.